The zero-order valence-electron chi connectivity index (χ0n) is 11.8. The SMILES string of the molecule is O=C(O)C1CC2CCCCC2N1Cc1cc(O)ccc1Br. The van der Waals surface area contributed by atoms with Crippen molar-refractivity contribution >= 4 is 21.9 Å². The van der Waals surface area contributed by atoms with Gasteiger partial charge in [0.1, 0.15) is 11.8 Å². The van der Waals surface area contributed by atoms with Crippen LogP contribution in [0.25, 0.3) is 0 Å². The van der Waals surface area contributed by atoms with Crippen LogP contribution >= 0.6 is 15.9 Å². The zero-order valence-corrected chi connectivity index (χ0v) is 13.4. The summed E-state index contributed by atoms with van der Waals surface area (Å²) in [5, 5.41) is 19.2. The maximum absolute atomic E-state index is 11.6. The van der Waals surface area contributed by atoms with Crippen molar-refractivity contribution in [1.29, 1.82) is 0 Å². The molecule has 1 aromatic carbocycles. The highest BCUT2D eigenvalue weighted by atomic mass is 79.9. The van der Waals surface area contributed by atoms with E-state index in [4.69, 9.17) is 0 Å². The summed E-state index contributed by atoms with van der Waals surface area (Å²) in [7, 11) is 0. The van der Waals surface area contributed by atoms with Gasteiger partial charge in [-0.15, -0.1) is 0 Å². The lowest BCUT2D eigenvalue weighted by Crippen LogP contribution is -2.41. The van der Waals surface area contributed by atoms with Gasteiger partial charge < -0.3 is 10.2 Å². The van der Waals surface area contributed by atoms with Crippen LogP contribution in [0.5, 0.6) is 5.75 Å². The smallest absolute Gasteiger partial charge is 0.320 e. The number of nitrogens with zero attached hydrogens (tertiary/aromatic N) is 1. The number of carboxylic acid groups (broad SMARTS) is 1. The van der Waals surface area contributed by atoms with Gasteiger partial charge in [-0.2, -0.15) is 0 Å². The summed E-state index contributed by atoms with van der Waals surface area (Å²) < 4.78 is 0.920. The Morgan fingerprint density at radius 1 is 1.33 bits per heavy atom. The predicted molar refractivity (Wildman–Crippen MR) is 83.1 cm³/mol. The Kier molecular flexibility index (Phi) is 4.22. The Bertz CT molecular complexity index is 548. The second-order valence-corrected chi connectivity index (χ2v) is 7.00. The molecule has 1 aliphatic carbocycles. The third-order valence-electron chi connectivity index (χ3n) is 4.89. The first kappa shape index (κ1) is 14.9. The minimum Gasteiger partial charge on any atom is -0.508 e. The van der Waals surface area contributed by atoms with E-state index in [1.165, 1.54) is 12.8 Å². The van der Waals surface area contributed by atoms with Gasteiger partial charge in [0.05, 0.1) is 0 Å². The summed E-state index contributed by atoms with van der Waals surface area (Å²) in [6.07, 6.45) is 5.40. The van der Waals surface area contributed by atoms with E-state index in [-0.39, 0.29) is 5.75 Å². The van der Waals surface area contributed by atoms with Crippen molar-refractivity contribution in [1.82, 2.24) is 4.90 Å². The topological polar surface area (TPSA) is 60.8 Å². The highest BCUT2D eigenvalue weighted by Gasteiger charge is 2.45. The van der Waals surface area contributed by atoms with Gasteiger partial charge in [0.2, 0.25) is 0 Å². The molecule has 5 heteroatoms. The number of hydrogen-bond acceptors (Lipinski definition) is 3. The molecule has 1 saturated heterocycles. The van der Waals surface area contributed by atoms with Gasteiger partial charge >= 0.3 is 5.97 Å². The summed E-state index contributed by atoms with van der Waals surface area (Å²) in [6.45, 7) is 0.577. The number of aromatic hydroxyl groups is 1. The van der Waals surface area contributed by atoms with Crippen LogP contribution in [-0.2, 0) is 11.3 Å². The van der Waals surface area contributed by atoms with Gasteiger partial charge in [-0.05, 0) is 48.9 Å². The molecule has 0 radical (unpaired) electrons. The minimum atomic E-state index is -0.722. The highest BCUT2D eigenvalue weighted by molar-refractivity contribution is 9.10. The Balaban J connectivity index is 1.86. The number of carbonyl (C=O) groups is 1. The average molecular weight is 354 g/mol. The molecule has 2 N–H and O–H groups in total. The van der Waals surface area contributed by atoms with Crippen molar-refractivity contribution in [3.8, 4) is 5.75 Å². The van der Waals surface area contributed by atoms with E-state index in [2.05, 4.69) is 20.8 Å². The van der Waals surface area contributed by atoms with E-state index >= 15 is 0 Å². The maximum atomic E-state index is 11.6. The number of carboxylic acids is 1. The van der Waals surface area contributed by atoms with Crippen LogP contribution in [0.15, 0.2) is 22.7 Å². The number of hydrogen-bond donors (Lipinski definition) is 2. The first-order chi connectivity index (χ1) is 10.1. The lowest BCUT2D eigenvalue weighted by Gasteiger charge is -2.33. The van der Waals surface area contributed by atoms with Gasteiger partial charge in [0, 0.05) is 17.1 Å². The van der Waals surface area contributed by atoms with E-state index < -0.39 is 12.0 Å². The maximum Gasteiger partial charge on any atom is 0.320 e. The molecular weight excluding hydrogens is 334 g/mol. The summed E-state index contributed by atoms with van der Waals surface area (Å²) >= 11 is 3.50. The van der Waals surface area contributed by atoms with Crippen LogP contribution in [0, 0.1) is 5.92 Å². The first-order valence-corrected chi connectivity index (χ1v) is 8.31. The van der Waals surface area contributed by atoms with E-state index in [0.29, 0.717) is 18.5 Å². The molecule has 1 aromatic rings. The summed E-state index contributed by atoms with van der Waals surface area (Å²) in [5.41, 5.74) is 0.951. The van der Waals surface area contributed by atoms with Gasteiger partial charge in [0.15, 0.2) is 0 Å². The fourth-order valence-electron chi connectivity index (χ4n) is 3.90. The molecule has 0 amide bonds. The molecule has 114 valence electrons. The van der Waals surface area contributed by atoms with Crippen LogP contribution < -0.4 is 0 Å². The van der Waals surface area contributed by atoms with E-state index in [0.717, 1.165) is 29.3 Å². The number of phenols is 1. The van der Waals surface area contributed by atoms with Gasteiger partial charge in [-0.25, -0.2) is 0 Å². The fourth-order valence-corrected chi connectivity index (χ4v) is 4.27. The van der Waals surface area contributed by atoms with Crippen molar-refractivity contribution in [2.45, 2.75) is 50.7 Å². The second-order valence-electron chi connectivity index (χ2n) is 6.15. The Morgan fingerprint density at radius 2 is 2.10 bits per heavy atom. The summed E-state index contributed by atoms with van der Waals surface area (Å²) in [4.78, 5) is 13.7. The van der Waals surface area contributed by atoms with Crippen molar-refractivity contribution in [3.63, 3.8) is 0 Å². The molecule has 0 aromatic heterocycles. The molecule has 3 atom stereocenters. The standard InChI is InChI=1S/C16H20BrNO3/c17-13-6-5-12(19)7-11(13)9-18-14-4-2-1-3-10(14)8-15(18)16(20)21/h5-7,10,14-15,19H,1-4,8-9H2,(H,20,21). The van der Waals surface area contributed by atoms with Crippen molar-refractivity contribution in [2.24, 2.45) is 5.92 Å². The van der Waals surface area contributed by atoms with Gasteiger partial charge in [0.25, 0.3) is 0 Å². The first-order valence-electron chi connectivity index (χ1n) is 7.52. The molecule has 21 heavy (non-hydrogen) atoms. The second kappa shape index (κ2) is 5.97. The molecule has 2 aliphatic rings. The Labute approximate surface area is 132 Å². The largest absolute Gasteiger partial charge is 0.508 e. The third-order valence-corrected chi connectivity index (χ3v) is 5.66. The molecule has 2 fully saturated rings. The molecule has 4 nitrogen and oxygen atoms in total. The third kappa shape index (κ3) is 2.94. The number of rotatable bonds is 3. The van der Waals surface area contributed by atoms with Crippen molar-refractivity contribution < 1.29 is 15.0 Å². The van der Waals surface area contributed by atoms with Crippen LogP contribution in [0.4, 0.5) is 0 Å². The number of phenolic OH excluding ortho intramolecular Hbond substituents is 1. The summed E-state index contributed by atoms with van der Waals surface area (Å²) in [6, 6.07) is 5.14. The zero-order chi connectivity index (χ0) is 15.0. The van der Waals surface area contributed by atoms with Crippen molar-refractivity contribution in [3.05, 3.63) is 28.2 Å². The highest BCUT2D eigenvalue weighted by Crippen LogP contribution is 2.41. The normalized spacial score (nSPS) is 29.3. The van der Waals surface area contributed by atoms with Crippen LogP contribution in [-0.4, -0.2) is 33.2 Å². The Hall–Kier alpha value is -1.07. The van der Waals surface area contributed by atoms with Gasteiger partial charge in [-0.3, -0.25) is 9.69 Å². The summed E-state index contributed by atoms with van der Waals surface area (Å²) in [5.74, 6) is 0.0103. The van der Waals surface area contributed by atoms with Gasteiger partial charge in [-0.1, -0.05) is 28.8 Å². The Morgan fingerprint density at radius 3 is 2.86 bits per heavy atom. The average Bonchev–Trinajstić information content (AvgIpc) is 2.82. The molecule has 3 unspecified atom stereocenters. The predicted octanol–water partition coefficient (Wildman–Crippen LogP) is 3.37. The number of halogens is 1. The lowest BCUT2D eigenvalue weighted by molar-refractivity contribution is -0.142. The quantitative estimate of drug-likeness (QED) is 0.874. The molecule has 0 spiro atoms. The van der Waals surface area contributed by atoms with E-state index in [1.54, 1.807) is 12.1 Å². The van der Waals surface area contributed by atoms with E-state index in [1.807, 2.05) is 6.07 Å². The molecule has 0 bridgehead atoms. The minimum absolute atomic E-state index is 0.222. The monoisotopic (exact) mass is 353 g/mol. The number of aliphatic carboxylic acids is 1. The lowest BCUT2D eigenvalue weighted by atomic mass is 9.84. The van der Waals surface area contributed by atoms with Crippen LogP contribution in [0.2, 0.25) is 0 Å². The molecular formula is C16H20BrNO3. The molecule has 3 rings (SSSR count). The van der Waals surface area contributed by atoms with E-state index in [9.17, 15) is 15.0 Å². The fraction of sp³-hybridized carbons (Fsp3) is 0.562. The van der Waals surface area contributed by atoms with Crippen molar-refractivity contribution in [2.75, 3.05) is 0 Å². The van der Waals surface area contributed by atoms with Crippen LogP contribution in [0.1, 0.15) is 37.7 Å². The number of benzene rings is 1. The van der Waals surface area contributed by atoms with Crippen LogP contribution in [0.3, 0.4) is 0 Å². The molecule has 1 saturated carbocycles. The number of fused-ring (bicyclic) bond motifs is 1. The number of likely N-dealkylation sites (tertiary alicyclic amines) is 1. The molecule has 1 heterocycles. The molecule has 1 aliphatic heterocycles.